The average Bonchev–Trinajstić information content (AvgIpc) is 3.21. The van der Waals surface area contributed by atoms with E-state index in [4.69, 9.17) is 14.2 Å². The minimum Gasteiger partial charge on any atom is -0.465 e. The molecule has 3 aliphatic rings. The molecule has 1 unspecified atom stereocenters. The normalized spacial score (nSPS) is 35.4. The molecule has 154 valence electrons. The van der Waals surface area contributed by atoms with Crippen molar-refractivity contribution in [2.45, 2.75) is 51.4 Å². The lowest BCUT2D eigenvalue weighted by Crippen LogP contribution is -2.48. The van der Waals surface area contributed by atoms with Crippen LogP contribution in [0, 0.1) is 5.92 Å². The average molecular weight is 393 g/mol. The largest absolute Gasteiger partial charge is 0.465 e. The Morgan fingerprint density at radius 2 is 2.21 bits per heavy atom. The second-order valence-corrected chi connectivity index (χ2v) is 7.69. The molecule has 0 amide bonds. The predicted octanol–water partition coefficient (Wildman–Crippen LogP) is 0.736. The lowest BCUT2D eigenvalue weighted by atomic mass is 9.84. The lowest BCUT2D eigenvalue weighted by Gasteiger charge is -2.32. The molecule has 3 heterocycles. The molecule has 8 nitrogen and oxygen atoms in total. The van der Waals surface area contributed by atoms with Crippen LogP contribution in [0.4, 0.5) is 0 Å². The number of carbonyl (C=O) groups is 3. The van der Waals surface area contributed by atoms with Gasteiger partial charge < -0.3 is 19.3 Å². The van der Waals surface area contributed by atoms with Gasteiger partial charge in [-0.15, -0.1) is 0 Å². The van der Waals surface area contributed by atoms with Gasteiger partial charge in [0.25, 0.3) is 0 Å². The van der Waals surface area contributed by atoms with Crippen LogP contribution >= 0.6 is 0 Å². The Hall–Kier alpha value is -2.19. The molecule has 0 saturated carbocycles. The van der Waals surface area contributed by atoms with Crippen LogP contribution in [0.5, 0.6) is 0 Å². The van der Waals surface area contributed by atoms with E-state index in [0.717, 1.165) is 12.1 Å². The Balaban J connectivity index is 1.90. The van der Waals surface area contributed by atoms with Gasteiger partial charge in [-0.3, -0.25) is 9.69 Å². The summed E-state index contributed by atoms with van der Waals surface area (Å²) < 4.78 is 16.2. The summed E-state index contributed by atoms with van der Waals surface area (Å²) in [5, 5.41) is 10.9. The van der Waals surface area contributed by atoms with Crippen molar-refractivity contribution >= 4 is 17.9 Å². The van der Waals surface area contributed by atoms with Crippen LogP contribution < -0.4 is 0 Å². The number of carbonyl (C=O) groups excluding carboxylic acids is 3. The van der Waals surface area contributed by atoms with Crippen LogP contribution in [0.25, 0.3) is 0 Å². The van der Waals surface area contributed by atoms with Crippen molar-refractivity contribution in [1.29, 1.82) is 0 Å². The van der Waals surface area contributed by atoms with Crippen LogP contribution in [0.2, 0.25) is 0 Å². The molecule has 0 aromatic carbocycles. The summed E-state index contributed by atoms with van der Waals surface area (Å²) in [6.07, 6.45) is 4.02. The van der Waals surface area contributed by atoms with E-state index >= 15 is 0 Å². The lowest BCUT2D eigenvalue weighted by molar-refractivity contribution is -0.174. The third kappa shape index (κ3) is 3.98. The molecule has 0 radical (unpaired) electrons. The molecule has 8 heteroatoms. The minimum absolute atomic E-state index is 0.0223. The van der Waals surface area contributed by atoms with Gasteiger partial charge in [-0.25, -0.2) is 9.59 Å². The first-order valence-electron chi connectivity index (χ1n) is 9.56. The number of hydrogen-bond donors (Lipinski definition) is 1. The number of allylic oxidation sites excluding steroid dienone is 1. The summed E-state index contributed by atoms with van der Waals surface area (Å²) in [6.45, 7) is 5.58. The van der Waals surface area contributed by atoms with Gasteiger partial charge in [-0.05, 0) is 32.3 Å². The van der Waals surface area contributed by atoms with Crippen molar-refractivity contribution in [1.82, 2.24) is 4.90 Å². The summed E-state index contributed by atoms with van der Waals surface area (Å²) in [6, 6.07) is -0.101. The molecule has 3 aliphatic heterocycles. The zero-order chi connectivity index (χ0) is 20.5. The highest BCUT2D eigenvalue weighted by Crippen LogP contribution is 2.34. The highest BCUT2D eigenvalue weighted by Gasteiger charge is 2.46. The fourth-order valence-electron chi connectivity index (χ4n) is 4.02. The first-order chi connectivity index (χ1) is 13.2. The minimum atomic E-state index is -1.93. The molecule has 3 rings (SSSR count). The highest BCUT2D eigenvalue weighted by molar-refractivity contribution is 5.89. The second kappa shape index (κ2) is 8.05. The van der Waals surface area contributed by atoms with Crippen molar-refractivity contribution in [2.24, 2.45) is 5.92 Å². The Kier molecular flexibility index (Phi) is 5.90. The first-order valence-corrected chi connectivity index (χ1v) is 9.56. The predicted molar refractivity (Wildman–Crippen MR) is 98.0 cm³/mol. The molecule has 2 fully saturated rings. The maximum atomic E-state index is 12.8. The third-order valence-corrected chi connectivity index (χ3v) is 5.82. The number of ether oxygens (including phenoxy) is 3. The number of rotatable bonds is 2. The molecule has 0 aromatic rings. The van der Waals surface area contributed by atoms with E-state index in [9.17, 15) is 19.5 Å². The van der Waals surface area contributed by atoms with Crippen molar-refractivity contribution in [3.63, 3.8) is 0 Å². The van der Waals surface area contributed by atoms with Gasteiger partial charge in [0.1, 0.15) is 12.7 Å². The third-order valence-electron chi connectivity index (χ3n) is 5.82. The topological polar surface area (TPSA) is 102 Å². The van der Waals surface area contributed by atoms with Gasteiger partial charge in [-0.2, -0.15) is 0 Å². The van der Waals surface area contributed by atoms with E-state index in [1.165, 1.54) is 13.8 Å². The quantitative estimate of drug-likeness (QED) is 0.317. The zero-order valence-electron chi connectivity index (χ0n) is 16.5. The zero-order valence-corrected chi connectivity index (χ0v) is 16.5. The second-order valence-electron chi connectivity index (χ2n) is 7.69. The van der Waals surface area contributed by atoms with Gasteiger partial charge in [0.05, 0.1) is 12.6 Å². The van der Waals surface area contributed by atoms with Gasteiger partial charge in [0, 0.05) is 31.5 Å². The Morgan fingerprint density at radius 3 is 2.89 bits per heavy atom. The number of nitrogens with zero attached hydrogens (tertiary/aromatic N) is 1. The summed E-state index contributed by atoms with van der Waals surface area (Å²) in [5.74, 6) is -2.67. The number of aliphatic hydroxyl groups is 1. The number of esters is 3. The van der Waals surface area contributed by atoms with Crippen LogP contribution in [0.15, 0.2) is 23.3 Å². The molecule has 0 aliphatic carbocycles. The highest BCUT2D eigenvalue weighted by atomic mass is 16.6. The smallest absolute Gasteiger partial charge is 0.338 e. The van der Waals surface area contributed by atoms with E-state index in [2.05, 4.69) is 4.90 Å². The Labute approximate surface area is 164 Å². The monoisotopic (exact) mass is 393 g/mol. The number of hydrogen-bond acceptors (Lipinski definition) is 8. The SMILES string of the molecule is C/C=C1/CC(COC(C)=O)[C@@](C)(O)C(=O)OCC2=CCN3CC[C@@H](OC1=O)[C@@H]23. The molecule has 0 aromatic heterocycles. The van der Waals surface area contributed by atoms with Crippen molar-refractivity contribution in [3.05, 3.63) is 23.3 Å². The Bertz CT molecular complexity index is 724. The Morgan fingerprint density at radius 1 is 1.46 bits per heavy atom. The van der Waals surface area contributed by atoms with E-state index in [1.807, 2.05) is 6.08 Å². The fourth-order valence-corrected chi connectivity index (χ4v) is 4.02. The fraction of sp³-hybridized carbons (Fsp3) is 0.650. The standard InChI is InChI=1S/C20H27NO7/c1-4-13-9-15(11-26-12(2)22)20(3,25)19(24)27-10-14-5-7-21-8-6-16(17(14)21)28-18(13)23/h4-5,15-17,25H,6-11H2,1-3H3/b13-4-/t15?,16-,17-,20-/m1/s1. The van der Waals surface area contributed by atoms with Gasteiger partial charge in [0.2, 0.25) is 0 Å². The summed E-state index contributed by atoms with van der Waals surface area (Å²) in [4.78, 5) is 38.9. The van der Waals surface area contributed by atoms with Crippen LogP contribution in [-0.4, -0.2) is 72.0 Å². The van der Waals surface area contributed by atoms with Crippen LogP contribution in [0.3, 0.4) is 0 Å². The molecule has 0 bridgehead atoms. The van der Waals surface area contributed by atoms with Gasteiger partial charge in [0.15, 0.2) is 5.60 Å². The van der Waals surface area contributed by atoms with E-state index in [1.54, 1.807) is 13.0 Å². The molecular weight excluding hydrogens is 366 g/mol. The van der Waals surface area contributed by atoms with E-state index < -0.39 is 29.4 Å². The summed E-state index contributed by atoms with van der Waals surface area (Å²) >= 11 is 0. The summed E-state index contributed by atoms with van der Waals surface area (Å²) in [5.41, 5.74) is -0.733. The number of cyclic esters (lactones) is 1. The molecule has 0 spiro atoms. The van der Waals surface area contributed by atoms with Crippen molar-refractivity contribution in [2.75, 3.05) is 26.3 Å². The maximum Gasteiger partial charge on any atom is 0.338 e. The van der Waals surface area contributed by atoms with E-state index in [-0.39, 0.29) is 31.8 Å². The maximum absolute atomic E-state index is 12.8. The molecule has 4 atom stereocenters. The summed E-state index contributed by atoms with van der Waals surface area (Å²) in [7, 11) is 0. The first kappa shape index (κ1) is 20.5. The molecular formula is C20H27NO7. The molecule has 1 N–H and O–H groups in total. The molecule has 2 saturated heterocycles. The van der Waals surface area contributed by atoms with E-state index in [0.29, 0.717) is 18.5 Å². The van der Waals surface area contributed by atoms with Gasteiger partial charge in [-0.1, -0.05) is 12.2 Å². The van der Waals surface area contributed by atoms with Crippen LogP contribution in [-0.2, 0) is 28.6 Å². The van der Waals surface area contributed by atoms with Crippen LogP contribution in [0.1, 0.15) is 33.6 Å². The van der Waals surface area contributed by atoms with Gasteiger partial charge >= 0.3 is 17.9 Å². The molecule has 28 heavy (non-hydrogen) atoms. The van der Waals surface area contributed by atoms with Crippen molar-refractivity contribution < 1.29 is 33.7 Å². The van der Waals surface area contributed by atoms with Crippen molar-refractivity contribution in [3.8, 4) is 0 Å².